The minimum Gasteiger partial charge on any atom is -0.484 e. The zero-order chi connectivity index (χ0) is 28.1. The van der Waals surface area contributed by atoms with Crippen LogP contribution in [0.2, 0.25) is 0 Å². The van der Waals surface area contributed by atoms with E-state index in [4.69, 9.17) is 19.2 Å². The quantitative estimate of drug-likeness (QED) is 0.270. The number of halogens is 1. The second kappa shape index (κ2) is 9.87. The van der Waals surface area contributed by atoms with Gasteiger partial charge in [-0.05, 0) is 56.2 Å². The van der Waals surface area contributed by atoms with Crippen LogP contribution >= 0.6 is 11.3 Å². The highest BCUT2D eigenvalue weighted by Gasteiger charge is 2.30. The molecule has 0 saturated carbocycles. The number of aryl methyl sites for hydroxylation is 3. The maximum atomic E-state index is 13.7. The van der Waals surface area contributed by atoms with Gasteiger partial charge in [-0.3, -0.25) is 4.90 Å². The summed E-state index contributed by atoms with van der Waals surface area (Å²) in [7, 11) is 1.55. The van der Waals surface area contributed by atoms with Gasteiger partial charge in [-0.15, -0.1) is 11.3 Å². The van der Waals surface area contributed by atoms with E-state index in [0.29, 0.717) is 28.4 Å². The smallest absolute Gasteiger partial charge is 0.411 e. The number of benzene rings is 2. The Hall–Kier alpha value is -4.58. The normalized spacial score (nSPS) is 14.5. The zero-order valence-corrected chi connectivity index (χ0v) is 22.9. The number of nitrogens with zero attached hydrogens (tertiary/aromatic N) is 5. The van der Waals surface area contributed by atoms with Gasteiger partial charge >= 0.3 is 6.09 Å². The molecule has 204 valence electrons. The minimum absolute atomic E-state index is 0.0238. The van der Waals surface area contributed by atoms with Gasteiger partial charge in [-0.1, -0.05) is 0 Å². The van der Waals surface area contributed by atoms with Gasteiger partial charge in [-0.2, -0.15) is 4.39 Å². The lowest BCUT2D eigenvalue weighted by atomic mass is 10.1. The summed E-state index contributed by atoms with van der Waals surface area (Å²) >= 11 is 1.47. The van der Waals surface area contributed by atoms with E-state index in [1.165, 1.54) is 30.5 Å². The van der Waals surface area contributed by atoms with Crippen LogP contribution in [0.1, 0.15) is 16.7 Å². The summed E-state index contributed by atoms with van der Waals surface area (Å²) in [5, 5.41) is 10.6. The van der Waals surface area contributed by atoms with E-state index in [2.05, 4.69) is 15.0 Å². The number of fused-ring (bicyclic) bond motifs is 4. The first-order valence-corrected chi connectivity index (χ1v) is 13.2. The highest BCUT2D eigenvalue weighted by atomic mass is 32.1. The fourth-order valence-electron chi connectivity index (χ4n) is 4.70. The molecule has 1 atom stereocenters. The highest BCUT2D eigenvalue weighted by molar-refractivity contribution is 7.22. The fourth-order valence-corrected chi connectivity index (χ4v) is 5.85. The number of anilines is 1. The maximum absolute atomic E-state index is 13.7. The van der Waals surface area contributed by atoms with Crippen LogP contribution in [0.25, 0.3) is 31.8 Å². The van der Waals surface area contributed by atoms with Crippen molar-refractivity contribution in [2.24, 2.45) is 0 Å². The van der Waals surface area contributed by atoms with Crippen molar-refractivity contribution in [1.82, 2.24) is 19.9 Å². The van der Waals surface area contributed by atoms with Gasteiger partial charge in [0.2, 0.25) is 11.8 Å². The van der Waals surface area contributed by atoms with Crippen LogP contribution in [0.15, 0.2) is 36.7 Å². The number of aromatic nitrogens is 4. The number of methoxy groups -OCH3 is 1. The number of carboxylic acid groups (broad SMARTS) is 1. The number of pyridine rings is 1. The molecule has 1 aliphatic rings. The standard InChI is InChI=1S/C28H24FN5O5S/c1-13-5-18(23-19(6-13)32-21(37-4)10-30-23)27-33-22-14(2)8-20-24(25(22)40-27)38-12-17(39-20)11-34(28(35)36)16-7-15(3)26(29)31-9-16/h5-10,17H,11-12H2,1-4H3,(H,35,36)/t17-/m1/s1. The van der Waals surface area contributed by atoms with Crippen LogP contribution in [0.3, 0.4) is 0 Å². The molecule has 0 spiro atoms. The molecule has 10 nitrogen and oxygen atoms in total. The van der Waals surface area contributed by atoms with Gasteiger partial charge in [0.15, 0.2) is 17.6 Å². The van der Waals surface area contributed by atoms with Crippen LogP contribution in [-0.4, -0.2) is 57.5 Å². The van der Waals surface area contributed by atoms with Gasteiger partial charge in [0.25, 0.3) is 0 Å². The van der Waals surface area contributed by atoms with E-state index in [1.54, 1.807) is 13.3 Å². The van der Waals surface area contributed by atoms with E-state index in [-0.39, 0.29) is 24.4 Å². The van der Waals surface area contributed by atoms with Crippen molar-refractivity contribution < 1.29 is 28.5 Å². The molecule has 3 aromatic heterocycles. The molecule has 0 unspecified atom stereocenters. The van der Waals surface area contributed by atoms with Crippen molar-refractivity contribution in [2.45, 2.75) is 26.9 Å². The molecule has 40 heavy (non-hydrogen) atoms. The molecule has 6 rings (SSSR count). The Morgan fingerprint density at radius 2 is 1.95 bits per heavy atom. The van der Waals surface area contributed by atoms with Gasteiger partial charge in [-0.25, -0.2) is 24.7 Å². The molecule has 0 bridgehead atoms. The Balaban J connectivity index is 1.34. The summed E-state index contributed by atoms with van der Waals surface area (Å²) in [6, 6.07) is 7.27. The topological polar surface area (TPSA) is 120 Å². The third-order valence-electron chi connectivity index (χ3n) is 6.62. The first-order valence-electron chi connectivity index (χ1n) is 12.4. The van der Waals surface area contributed by atoms with Crippen molar-refractivity contribution >= 4 is 44.4 Å². The Bertz CT molecular complexity index is 1810. The third-order valence-corrected chi connectivity index (χ3v) is 7.71. The van der Waals surface area contributed by atoms with Gasteiger partial charge in [0, 0.05) is 11.1 Å². The number of amides is 1. The van der Waals surface area contributed by atoms with E-state index < -0.39 is 18.1 Å². The van der Waals surface area contributed by atoms with Crippen LogP contribution in [0.5, 0.6) is 17.4 Å². The Morgan fingerprint density at radius 3 is 2.70 bits per heavy atom. The van der Waals surface area contributed by atoms with E-state index in [1.807, 2.05) is 32.0 Å². The molecule has 0 saturated heterocycles. The SMILES string of the molecule is COc1cnc2c(-c3nc4c(C)cc5c(c4s3)OC[C@@H](CN(C(=O)O)c3cnc(F)c(C)c3)O5)cc(C)cc2n1. The molecule has 0 aliphatic carbocycles. The van der Waals surface area contributed by atoms with Crippen LogP contribution in [-0.2, 0) is 0 Å². The van der Waals surface area contributed by atoms with Gasteiger partial charge in [0.1, 0.15) is 16.3 Å². The lowest BCUT2D eigenvalue weighted by molar-refractivity contribution is 0.0961. The Morgan fingerprint density at radius 1 is 1.12 bits per heavy atom. The number of ether oxygens (including phenoxy) is 3. The molecule has 12 heteroatoms. The summed E-state index contributed by atoms with van der Waals surface area (Å²) in [4.78, 5) is 30.8. The number of hydrogen-bond donors (Lipinski definition) is 1. The van der Waals surface area contributed by atoms with Crippen LogP contribution < -0.4 is 19.1 Å². The van der Waals surface area contributed by atoms with Crippen molar-refractivity contribution in [3.05, 3.63) is 59.3 Å². The predicted molar refractivity (Wildman–Crippen MR) is 148 cm³/mol. The van der Waals surface area contributed by atoms with Crippen molar-refractivity contribution in [2.75, 3.05) is 25.2 Å². The van der Waals surface area contributed by atoms with Crippen molar-refractivity contribution in [1.29, 1.82) is 0 Å². The summed E-state index contributed by atoms with van der Waals surface area (Å²) in [6.45, 7) is 5.56. The Labute approximate surface area is 232 Å². The van der Waals surface area contributed by atoms with Crippen molar-refractivity contribution in [3.8, 4) is 28.0 Å². The molecular weight excluding hydrogens is 537 g/mol. The Kier molecular flexibility index (Phi) is 6.34. The minimum atomic E-state index is -1.20. The third kappa shape index (κ3) is 4.49. The summed E-state index contributed by atoms with van der Waals surface area (Å²) in [6.07, 6.45) is 0.981. The maximum Gasteiger partial charge on any atom is 0.411 e. The summed E-state index contributed by atoms with van der Waals surface area (Å²) < 4.78 is 32.1. The molecule has 1 aliphatic heterocycles. The van der Waals surface area contributed by atoms with E-state index in [0.717, 1.165) is 36.8 Å². The van der Waals surface area contributed by atoms with E-state index in [9.17, 15) is 14.3 Å². The second-order valence-electron chi connectivity index (χ2n) is 9.56. The fraction of sp³-hybridized carbons (Fsp3) is 0.250. The molecule has 0 radical (unpaired) electrons. The number of carbonyl (C=O) groups is 1. The van der Waals surface area contributed by atoms with Gasteiger partial charge < -0.3 is 19.3 Å². The van der Waals surface area contributed by atoms with Crippen LogP contribution in [0.4, 0.5) is 14.9 Å². The molecule has 2 aromatic carbocycles. The van der Waals surface area contributed by atoms with Crippen molar-refractivity contribution in [3.63, 3.8) is 0 Å². The monoisotopic (exact) mass is 561 g/mol. The summed E-state index contributed by atoms with van der Waals surface area (Å²) in [5.74, 6) is 0.861. The lowest BCUT2D eigenvalue weighted by Gasteiger charge is -2.30. The van der Waals surface area contributed by atoms with Crippen LogP contribution in [0, 0.1) is 26.7 Å². The molecule has 0 fully saturated rings. The molecule has 4 heterocycles. The number of hydrogen-bond acceptors (Lipinski definition) is 9. The largest absolute Gasteiger partial charge is 0.484 e. The average Bonchev–Trinajstić information content (AvgIpc) is 3.38. The summed E-state index contributed by atoms with van der Waals surface area (Å²) in [5.41, 5.74) is 5.48. The highest BCUT2D eigenvalue weighted by Crippen LogP contribution is 2.46. The second-order valence-corrected chi connectivity index (χ2v) is 10.6. The first-order chi connectivity index (χ1) is 19.2. The number of thiazole rings is 1. The zero-order valence-electron chi connectivity index (χ0n) is 22.1. The lowest BCUT2D eigenvalue weighted by Crippen LogP contribution is -2.43. The average molecular weight is 562 g/mol. The van der Waals surface area contributed by atoms with E-state index >= 15 is 0 Å². The molecule has 1 amide bonds. The molecule has 5 aromatic rings. The molecule has 1 N–H and O–H groups in total. The predicted octanol–water partition coefficient (Wildman–Crippen LogP) is 5.70. The van der Waals surface area contributed by atoms with Gasteiger partial charge in [0.05, 0.1) is 48.3 Å². The molecular formula is C28H24FN5O5S. The first kappa shape index (κ1) is 25.7. The number of rotatable bonds is 5.